The first-order valence-electron chi connectivity index (χ1n) is 5.11. The van der Waals surface area contributed by atoms with Crippen LogP contribution in [0.25, 0.3) is 10.8 Å². The molecule has 0 bridgehead atoms. The molecule has 0 unspecified atom stereocenters. The maximum atomic E-state index is 5.69. The number of fused-ring (bicyclic) bond motifs is 1. The van der Waals surface area contributed by atoms with E-state index in [0.717, 1.165) is 0 Å². The number of nitrogens with two attached hydrogens (primary N) is 1. The van der Waals surface area contributed by atoms with E-state index in [9.17, 15) is 0 Å². The molecule has 0 radical (unpaired) electrons. The molecule has 0 aliphatic heterocycles. The Bertz CT molecular complexity index is 475. The van der Waals surface area contributed by atoms with Crippen LogP contribution >= 0.6 is 0 Å². The zero-order valence-electron chi connectivity index (χ0n) is 9.20. The van der Waals surface area contributed by atoms with Gasteiger partial charge in [-0.3, -0.25) is 0 Å². The highest BCUT2D eigenvalue weighted by Crippen LogP contribution is 2.27. The largest absolute Gasteiger partial charge is 0.377 e. The number of benzene rings is 2. The van der Waals surface area contributed by atoms with E-state index in [2.05, 4.69) is 55.4 Å². The minimum absolute atomic E-state index is 0.589. The third-order valence-electron chi connectivity index (χ3n) is 2.62. The molecule has 0 aromatic heterocycles. The summed E-state index contributed by atoms with van der Waals surface area (Å²) in [6.45, 7) is 0.589. The minimum Gasteiger partial charge on any atom is -0.377 e. The van der Waals surface area contributed by atoms with Crippen LogP contribution < -0.4 is 10.6 Å². The van der Waals surface area contributed by atoms with Gasteiger partial charge >= 0.3 is 0 Å². The summed E-state index contributed by atoms with van der Waals surface area (Å²) < 4.78 is 0. The monoisotopic (exact) mass is 200 g/mol. The van der Waals surface area contributed by atoms with Crippen molar-refractivity contribution in [3.63, 3.8) is 0 Å². The highest BCUT2D eigenvalue weighted by atomic mass is 15.1. The fourth-order valence-electron chi connectivity index (χ4n) is 1.84. The van der Waals surface area contributed by atoms with Crippen LogP contribution in [0.2, 0.25) is 0 Å². The molecular formula is C13H16N2. The van der Waals surface area contributed by atoms with E-state index >= 15 is 0 Å². The number of nitrogens with zero attached hydrogens (tertiary/aromatic N) is 1. The molecule has 0 fully saturated rings. The average Bonchev–Trinajstić information content (AvgIpc) is 2.27. The first-order valence-corrected chi connectivity index (χ1v) is 5.11. The maximum absolute atomic E-state index is 5.69. The lowest BCUT2D eigenvalue weighted by Crippen LogP contribution is -2.10. The fraction of sp³-hybridized carbons (Fsp3) is 0.231. The summed E-state index contributed by atoms with van der Waals surface area (Å²) >= 11 is 0. The van der Waals surface area contributed by atoms with Crippen LogP contribution in [0.4, 0.5) is 5.69 Å². The Morgan fingerprint density at radius 3 is 2.53 bits per heavy atom. The molecule has 0 spiro atoms. The Morgan fingerprint density at radius 1 is 1.13 bits per heavy atom. The Morgan fingerprint density at radius 2 is 1.87 bits per heavy atom. The normalized spacial score (nSPS) is 10.6. The van der Waals surface area contributed by atoms with Crippen molar-refractivity contribution >= 4 is 16.5 Å². The van der Waals surface area contributed by atoms with Gasteiger partial charge in [0.15, 0.2) is 0 Å². The van der Waals surface area contributed by atoms with Crippen molar-refractivity contribution in [3.8, 4) is 0 Å². The smallest absolute Gasteiger partial charge is 0.0443 e. The lowest BCUT2D eigenvalue weighted by Gasteiger charge is -2.17. The van der Waals surface area contributed by atoms with Crippen molar-refractivity contribution in [2.24, 2.45) is 5.73 Å². The Hall–Kier alpha value is -1.54. The minimum atomic E-state index is 0.589. The summed E-state index contributed by atoms with van der Waals surface area (Å²) in [4.78, 5) is 2.13. The van der Waals surface area contributed by atoms with Crippen LogP contribution in [0.5, 0.6) is 0 Å². The van der Waals surface area contributed by atoms with Gasteiger partial charge in [0.05, 0.1) is 0 Å². The van der Waals surface area contributed by atoms with Gasteiger partial charge in [0.25, 0.3) is 0 Å². The van der Waals surface area contributed by atoms with E-state index in [4.69, 9.17) is 5.73 Å². The SMILES string of the molecule is CN(C)c1cc(CN)cc2ccccc12. The molecule has 15 heavy (non-hydrogen) atoms. The number of hydrogen-bond acceptors (Lipinski definition) is 2. The summed E-state index contributed by atoms with van der Waals surface area (Å²) in [6, 6.07) is 12.7. The van der Waals surface area contributed by atoms with Crippen molar-refractivity contribution in [2.45, 2.75) is 6.54 Å². The van der Waals surface area contributed by atoms with Crippen LogP contribution in [0.3, 0.4) is 0 Å². The molecule has 2 rings (SSSR count). The molecule has 2 heteroatoms. The van der Waals surface area contributed by atoms with Gasteiger partial charge in [-0.05, 0) is 23.1 Å². The molecule has 0 heterocycles. The number of rotatable bonds is 2. The predicted molar refractivity (Wildman–Crippen MR) is 66.2 cm³/mol. The van der Waals surface area contributed by atoms with Gasteiger partial charge in [-0.25, -0.2) is 0 Å². The van der Waals surface area contributed by atoms with Crippen molar-refractivity contribution in [1.82, 2.24) is 0 Å². The second kappa shape index (κ2) is 3.91. The van der Waals surface area contributed by atoms with Crippen molar-refractivity contribution in [2.75, 3.05) is 19.0 Å². The average molecular weight is 200 g/mol. The standard InChI is InChI=1S/C13H16N2/c1-15(2)13-8-10(9-14)7-11-5-3-4-6-12(11)13/h3-8H,9,14H2,1-2H3. The van der Waals surface area contributed by atoms with Gasteiger partial charge in [-0.2, -0.15) is 0 Å². The molecule has 2 N–H and O–H groups in total. The fourth-order valence-corrected chi connectivity index (χ4v) is 1.84. The van der Waals surface area contributed by atoms with Gasteiger partial charge in [-0.15, -0.1) is 0 Å². The summed E-state index contributed by atoms with van der Waals surface area (Å²) in [7, 11) is 4.12. The lowest BCUT2D eigenvalue weighted by molar-refractivity contribution is 1.06. The summed E-state index contributed by atoms with van der Waals surface area (Å²) in [5.74, 6) is 0. The molecule has 0 atom stereocenters. The van der Waals surface area contributed by atoms with Gasteiger partial charge < -0.3 is 10.6 Å². The molecule has 2 aromatic carbocycles. The van der Waals surface area contributed by atoms with E-state index < -0.39 is 0 Å². The molecule has 2 aromatic rings. The third kappa shape index (κ3) is 1.81. The van der Waals surface area contributed by atoms with Crippen molar-refractivity contribution in [3.05, 3.63) is 42.0 Å². The molecule has 0 amide bonds. The van der Waals surface area contributed by atoms with Crippen molar-refractivity contribution < 1.29 is 0 Å². The predicted octanol–water partition coefficient (Wildman–Crippen LogP) is 2.36. The van der Waals surface area contributed by atoms with Gasteiger partial charge in [0.1, 0.15) is 0 Å². The van der Waals surface area contributed by atoms with Crippen LogP contribution in [0, 0.1) is 0 Å². The summed E-state index contributed by atoms with van der Waals surface area (Å²) in [5.41, 5.74) is 8.10. The number of hydrogen-bond donors (Lipinski definition) is 1. The Kier molecular flexibility index (Phi) is 2.60. The van der Waals surface area contributed by atoms with Gasteiger partial charge in [-0.1, -0.05) is 24.3 Å². The Labute approximate surface area is 90.3 Å². The molecular weight excluding hydrogens is 184 g/mol. The second-order valence-corrected chi connectivity index (χ2v) is 3.93. The van der Waals surface area contributed by atoms with Crippen LogP contribution in [-0.2, 0) is 6.54 Å². The van der Waals surface area contributed by atoms with E-state index in [0.29, 0.717) is 6.54 Å². The molecule has 0 aliphatic carbocycles. The Balaban J connectivity index is 2.74. The molecule has 0 aliphatic rings. The van der Waals surface area contributed by atoms with Gasteiger partial charge in [0, 0.05) is 31.7 Å². The van der Waals surface area contributed by atoms with Crippen LogP contribution in [0.15, 0.2) is 36.4 Å². The van der Waals surface area contributed by atoms with Gasteiger partial charge in [0.2, 0.25) is 0 Å². The second-order valence-electron chi connectivity index (χ2n) is 3.93. The highest BCUT2D eigenvalue weighted by Gasteiger charge is 2.04. The number of anilines is 1. The molecule has 2 nitrogen and oxygen atoms in total. The topological polar surface area (TPSA) is 29.3 Å². The van der Waals surface area contributed by atoms with E-state index in [1.54, 1.807) is 0 Å². The first kappa shape index (κ1) is 9.99. The van der Waals surface area contributed by atoms with E-state index in [-0.39, 0.29) is 0 Å². The molecule has 0 saturated carbocycles. The summed E-state index contributed by atoms with van der Waals surface area (Å²) in [5, 5.41) is 2.53. The quantitative estimate of drug-likeness (QED) is 0.806. The third-order valence-corrected chi connectivity index (χ3v) is 2.62. The van der Waals surface area contributed by atoms with Crippen molar-refractivity contribution in [1.29, 1.82) is 0 Å². The molecule has 0 saturated heterocycles. The van der Waals surface area contributed by atoms with E-state index in [1.807, 2.05) is 0 Å². The summed E-state index contributed by atoms with van der Waals surface area (Å²) in [6.07, 6.45) is 0. The maximum Gasteiger partial charge on any atom is 0.0443 e. The zero-order chi connectivity index (χ0) is 10.8. The van der Waals surface area contributed by atoms with Crippen LogP contribution in [-0.4, -0.2) is 14.1 Å². The first-order chi connectivity index (χ1) is 7.22. The lowest BCUT2D eigenvalue weighted by atomic mass is 10.0. The highest BCUT2D eigenvalue weighted by molar-refractivity contribution is 5.94. The molecule has 78 valence electrons. The zero-order valence-corrected chi connectivity index (χ0v) is 9.20. The van der Waals surface area contributed by atoms with Crippen LogP contribution in [0.1, 0.15) is 5.56 Å². The van der Waals surface area contributed by atoms with E-state index in [1.165, 1.54) is 22.0 Å².